The van der Waals surface area contributed by atoms with Crippen molar-refractivity contribution in [2.75, 3.05) is 26.8 Å². The third-order valence-electron chi connectivity index (χ3n) is 2.79. The van der Waals surface area contributed by atoms with Gasteiger partial charge in [-0.15, -0.1) is 6.58 Å². The van der Waals surface area contributed by atoms with Gasteiger partial charge in [0, 0.05) is 26.7 Å². The molecule has 0 radical (unpaired) electrons. The number of benzene rings is 1. The molecule has 0 bridgehead atoms. The van der Waals surface area contributed by atoms with Crippen LogP contribution in [0.5, 0.6) is 0 Å². The highest BCUT2D eigenvalue weighted by Gasteiger charge is 2.28. The van der Waals surface area contributed by atoms with Crippen molar-refractivity contribution < 1.29 is 21.9 Å². The molecule has 0 unspecified atom stereocenters. The van der Waals surface area contributed by atoms with E-state index in [1.165, 1.54) is 13.2 Å². The van der Waals surface area contributed by atoms with Gasteiger partial charge >= 0.3 is 0 Å². The van der Waals surface area contributed by atoms with E-state index in [0.29, 0.717) is 0 Å². The minimum atomic E-state index is -4.21. The Morgan fingerprint density at radius 1 is 1.43 bits per heavy atom. The molecule has 0 saturated carbocycles. The van der Waals surface area contributed by atoms with Crippen LogP contribution < -0.4 is 5.73 Å². The summed E-state index contributed by atoms with van der Waals surface area (Å²) in [6.45, 7) is 3.43. The van der Waals surface area contributed by atoms with Gasteiger partial charge in [0.05, 0.1) is 6.61 Å². The minimum Gasteiger partial charge on any atom is -0.383 e. The summed E-state index contributed by atoms with van der Waals surface area (Å²) in [4.78, 5) is -0.735. The van der Waals surface area contributed by atoms with Crippen LogP contribution in [0.25, 0.3) is 0 Å². The van der Waals surface area contributed by atoms with Gasteiger partial charge in [0.2, 0.25) is 10.0 Å². The zero-order valence-corrected chi connectivity index (χ0v) is 12.5. The number of nitrogens with two attached hydrogens (primary N) is 1. The summed E-state index contributed by atoms with van der Waals surface area (Å²) in [7, 11) is -2.80. The van der Waals surface area contributed by atoms with Gasteiger partial charge in [-0.25, -0.2) is 17.2 Å². The molecule has 0 aromatic heterocycles. The van der Waals surface area contributed by atoms with Crippen molar-refractivity contribution >= 4 is 10.0 Å². The quantitative estimate of drug-likeness (QED) is 0.732. The highest BCUT2D eigenvalue weighted by atomic mass is 32.2. The van der Waals surface area contributed by atoms with Crippen LogP contribution in [0.15, 0.2) is 29.7 Å². The summed E-state index contributed by atoms with van der Waals surface area (Å²) in [6.07, 6.45) is 1.36. The van der Waals surface area contributed by atoms with Crippen LogP contribution in [0.3, 0.4) is 0 Å². The van der Waals surface area contributed by atoms with E-state index in [-0.39, 0.29) is 31.8 Å². The van der Waals surface area contributed by atoms with Gasteiger partial charge in [0.1, 0.15) is 4.90 Å². The monoisotopic (exact) mass is 320 g/mol. The van der Waals surface area contributed by atoms with Gasteiger partial charge in [0.25, 0.3) is 0 Å². The van der Waals surface area contributed by atoms with E-state index in [4.69, 9.17) is 10.5 Å². The molecule has 0 atom stereocenters. The first-order valence-electron chi connectivity index (χ1n) is 6.16. The summed E-state index contributed by atoms with van der Waals surface area (Å²) >= 11 is 0. The second-order valence-corrected chi connectivity index (χ2v) is 6.14. The van der Waals surface area contributed by atoms with Crippen molar-refractivity contribution in [3.8, 4) is 0 Å². The van der Waals surface area contributed by atoms with Crippen LogP contribution in [0, 0.1) is 11.6 Å². The molecule has 1 aromatic carbocycles. The second-order valence-electron chi connectivity index (χ2n) is 4.24. The lowest BCUT2D eigenvalue weighted by Crippen LogP contribution is -2.34. The molecular formula is C13H18F2N2O3S. The maximum Gasteiger partial charge on any atom is 0.246 e. The van der Waals surface area contributed by atoms with Crippen LogP contribution in [0.2, 0.25) is 0 Å². The second kappa shape index (κ2) is 7.60. The lowest BCUT2D eigenvalue weighted by atomic mass is 10.2. The molecule has 0 fully saturated rings. The van der Waals surface area contributed by atoms with Crippen LogP contribution in [0.1, 0.15) is 5.56 Å². The highest BCUT2D eigenvalue weighted by Crippen LogP contribution is 2.23. The van der Waals surface area contributed by atoms with Crippen LogP contribution in [-0.2, 0) is 21.3 Å². The Labute approximate surface area is 123 Å². The molecule has 1 aromatic rings. The highest BCUT2D eigenvalue weighted by molar-refractivity contribution is 7.89. The normalized spacial score (nSPS) is 11.9. The van der Waals surface area contributed by atoms with E-state index in [2.05, 4.69) is 6.58 Å². The number of halogens is 2. The van der Waals surface area contributed by atoms with Gasteiger partial charge in [0.15, 0.2) is 11.6 Å². The van der Waals surface area contributed by atoms with Crippen molar-refractivity contribution in [1.82, 2.24) is 4.31 Å². The maximum absolute atomic E-state index is 13.9. The van der Waals surface area contributed by atoms with Gasteiger partial charge in [-0.3, -0.25) is 0 Å². The molecule has 0 saturated heterocycles. The van der Waals surface area contributed by atoms with Crippen molar-refractivity contribution in [2.45, 2.75) is 11.4 Å². The molecule has 21 heavy (non-hydrogen) atoms. The molecule has 0 aliphatic heterocycles. The van der Waals surface area contributed by atoms with E-state index >= 15 is 0 Å². The summed E-state index contributed by atoms with van der Waals surface area (Å²) in [5.74, 6) is -2.67. The first-order valence-corrected chi connectivity index (χ1v) is 7.60. The molecule has 0 aliphatic carbocycles. The fourth-order valence-electron chi connectivity index (χ4n) is 1.71. The fourth-order valence-corrected chi connectivity index (χ4v) is 3.23. The predicted octanol–water partition coefficient (Wildman–Crippen LogP) is 1.25. The van der Waals surface area contributed by atoms with Gasteiger partial charge in [-0.1, -0.05) is 6.08 Å². The SMILES string of the molecule is C=CCN(CCOC)S(=O)(=O)c1cc(CN)cc(F)c1F. The smallest absolute Gasteiger partial charge is 0.246 e. The Hall–Kier alpha value is -1.35. The van der Waals surface area contributed by atoms with E-state index < -0.39 is 26.6 Å². The average molecular weight is 320 g/mol. The standard InChI is InChI=1S/C13H18F2N2O3S/c1-3-4-17(5-6-20-2)21(18,19)12-8-10(9-16)7-11(14)13(12)15/h3,7-8H,1,4-6,9,16H2,2H3. The summed E-state index contributed by atoms with van der Waals surface area (Å²) in [5.41, 5.74) is 5.55. The number of rotatable bonds is 8. The zero-order valence-electron chi connectivity index (χ0n) is 11.7. The molecule has 0 spiro atoms. The number of sulfonamides is 1. The van der Waals surface area contributed by atoms with Crippen molar-refractivity contribution in [1.29, 1.82) is 0 Å². The van der Waals surface area contributed by atoms with Crippen LogP contribution >= 0.6 is 0 Å². The Balaban J connectivity index is 3.32. The topological polar surface area (TPSA) is 72.6 Å². The molecule has 0 amide bonds. The van der Waals surface area contributed by atoms with Gasteiger partial charge in [-0.2, -0.15) is 4.31 Å². The first kappa shape index (κ1) is 17.7. The molecule has 118 valence electrons. The van der Waals surface area contributed by atoms with Crippen LogP contribution in [-0.4, -0.2) is 39.5 Å². The van der Waals surface area contributed by atoms with Crippen molar-refractivity contribution in [2.24, 2.45) is 5.73 Å². The predicted molar refractivity (Wildman–Crippen MR) is 75.1 cm³/mol. The van der Waals surface area contributed by atoms with Crippen LogP contribution in [0.4, 0.5) is 8.78 Å². The largest absolute Gasteiger partial charge is 0.383 e. The summed E-state index contributed by atoms with van der Waals surface area (Å²) < 4.78 is 58.0. The van der Waals surface area contributed by atoms with E-state index in [1.807, 2.05) is 0 Å². The lowest BCUT2D eigenvalue weighted by molar-refractivity contribution is 0.182. The third-order valence-corrected chi connectivity index (χ3v) is 4.65. The zero-order chi connectivity index (χ0) is 16.0. The Bertz CT molecular complexity index is 606. The number of hydrogen-bond acceptors (Lipinski definition) is 4. The summed E-state index contributed by atoms with van der Waals surface area (Å²) in [6, 6.07) is 1.91. The Morgan fingerprint density at radius 3 is 2.62 bits per heavy atom. The molecule has 8 heteroatoms. The number of nitrogens with zero attached hydrogens (tertiary/aromatic N) is 1. The fraction of sp³-hybridized carbons (Fsp3) is 0.385. The number of hydrogen-bond donors (Lipinski definition) is 1. The molecule has 0 aliphatic rings. The van der Waals surface area contributed by atoms with Crippen molar-refractivity contribution in [3.05, 3.63) is 42.0 Å². The minimum absolute atomic E-state index is 0.00123. The molecule has 5 nitrogen and oxygen atoms in total. The summed E-state index contributed by atoms with van der Waals surface area (Å²) in [5, 5.41) is 0. The number of ether oxygens (including phenoxy) is 1. The maximum atomic E-state index is 13.9. The van der Waals surface area contributed by atoms with E-state index in [9.17, 15) is 17.2 Å². The third kappa shape index (κ3) is 4.07. The molecule has 0 heterocycles. The lowest BCUT2D eigenvalue weighted by Gasteiger charge is -2.21. The average Bonchev–Trinajstić information content (AvgIpc) is 2.45. The van der Waals surface area contributed by atoms with Gasteiger partial charge in [-0.05, 0) is 17.7 Å². The number of methoxy groups -OCH3 is 1. The molecular weight excluding hydrogens is 302 g/mol. The Morgan fingerprint density at radius 2 is 2.10 bits per heavy atom. The Kier molecular flexibility index (Phi) is 6.41. The van der Waals surface area contributed by atoms with E-state index in [0.717, 1.165) is 16.4 Å². The molecule has 2 N–H and O–H groups in total. The van der Waals surface area contributed by atoms with Gasteiger partial charge < -0.3 is 10.5 Å². The molecule has 1 rings (SSSR count). The van der Waals surface area contributed by atoms with E-state index in [1.54, 1.807) is 0 Å². The van der Waals surface area contributed by atoms with Crippen molar-refractivity contribution in [3.63, 3.8) is 0 Å². The first-order chi connectivity index (χ1) is 9.88.